The van der Waals surface area contributed by atoms with Crippen LogP contribution < -0.4 is 5.32 Å². The number of aliphatic hydroxyl groups is 1. The normalized spacial score (nSPS) is 19.8. The second-order valence-corrected chi connectivity index (χ2v) is 7.69. The first-order chi connectivity index (χ1) is 10.4. The highest BCUT2D eigenvalue weighted by Gasteiger charge is 2.22. The number of aliphatic imine (C=N–C) groups is 1. The Morgan fingerprint density at radius 3 is 2.86 bits per heavy atom. The van der Waals surface area contributed by atoms with Gasteiger partial charge in [0.1, 0.15) is 0 Å². The molecule has 1 aromatic rings. The first kappa shape index (κ1) is 17.2. The summed E-state index contributed by atoms with van der Waals surface area (Å²) in [5, 5.41) is 16.3. The van der Waals surface area contributed by atoms with E-state index < -0.39 is 0 Å². The average molecular weight is 324 g/mol. The van der Waals surface area contributed by atoms with Gasteiger partial charge >= 0.3 is 0 Å². The summed E-state index contributed by atoms with van der Waals surface area (Å²) in [6.45, 7) is 11.8. The zero-order valence-corrected chi connectivity index (χ0v) is 14.9. The highest BCUT2D eigenvalue weighted by Crippen LogP contribution is 2.24. The quantitative estimate of drug-likeness (QED) is 0.657. The maximum absolute atomic E-state index is 9.67. The minimum atomic E-state index is -0.225. The number of aromatic nitrogens is 1. The van der Waals surface area contributed by atoms with E-state index in [9.17, 15) is 5.11 Å². The first-order valence-electron chi connectivity index (χ1n) is 8.06. The zero-order valence-electron chi connectivity index (χ0n) is 14.1. The molecule has 0 bridgehead atoms. The van der Waals surface area contributed by atoms with Crippen LogP contribution in [0.2, 0.25) is 0 Å². The van der Waals surface area contributed by atoms with Gasteiger partial charge < -0.3 is 15.3 Å². The minimum absolute atomic E-state index is 0.110. The summed E-state index contributed by atoms with van der Waals surface area (Å²) in [7, 11) is 0. The predicted molar refractivity (Wildman–Crippen MR) is 92.7 cm³/mol. The molecule has 0 spiro atoms. The third kappa shape index (κ3) is 4.68. The van der Waals surface area contributed by atoms with E-state index in [-0.39, 0.29) is 11.5 Å². The smallest absolute Gasteiger partial charge is 0.194 e. The number of nitrogens with zero attached hydrogens (tertiary/aromatic N) is 3. The lowest BCUT2D eigenvalue weighted by Gasteiger charge is -2.20. The zero-order chi connectivity index (χ0) is 16.2. The molecule has 124 valence electrons. The van der Waals surface area contributed by atoms with Gasteiger partial charge in [0.05, 0.1) is 16.8 Å². The van der Waals surface area contributed by atoms with Gasteiger partial charge in [0.2, 0.25) is 0 Å². The Hall–Kier alpha value is -1.14. The lowest BCUT2D eigenvalue weighted by atomic mass is 9.93. The Bertz CT molecular complexity index is 506. The molecule has 1 saturated heterocycles. The molecule has 22 heavy (non-hydrogen) atoms. The number of β-amino-alcohol motifs (C(OH)–C–C–N with tert-alkyl or cyclic N) is 1. The maximum atomic E-state index is 9.67. The van der Waals surface area contributed by atoms with Crippen LogP contribution in [0.5, 0.6) is 0 Å². The summed E-state index contributed by atoms with van der Waals surface area (Å²) in [4.78, 5) is 11.5. The van der Waals surface area contributed by atoms with E-state index in [2.05, 4.69) is 48.3 Å². The van der Waals surface area contributed by atoms with Crippen LogP contribution in [0.3, 0.4) is 0 Å². The number of nitrogens with one attached hydrogen (secondary N) is 1. The molecule has 0 aliphatic carbocycles. The monoisotopic (exact) mass is 324 g/mol. The highest BCUT2D eigenvalue weighted by atomic mass is 32.1. The van der Waals surface area contributed by atoms with Crippen LogP contribution in [-0.4, -0.2) is 53.2 Å². The van der Waals surface area contributed by atoms with E-state index in [1.807, 2.05) is 0 Å². The number of guanidine groups is 1. The number of rotatable bonds is 4. The van der Waals surface area contributed by atoms with E-state index in [0.29, 0.717) is 6.54 Å². The molecule has 2 N–H and O–H groups in total. The number of likely N-dealkylation sites (tertiary alicyclic amines) is 1. The van der Waals surface area contributed by atoms with Gasteiger partial charge in [0.25, 0.3) is 0 Å². The van der Waals surface area contributed by atoms with Crippen LogP contribution in [0, 0.1) is 0 Å². The van der Waals surface area contributed by atoms with Crippen molar-refractivity contribution < 1.29 is 5.11 Å². The Morgan fingerprint density at radius 1 is 1.55 bits per heavy atom. The summed E-state index contributed by atoms with van der Waals surface area (Å²) in [6.07, 6.45) is 1.47. The largest absolute Gasteiger partial charge is 0.391 e. The minimum Gasteiger partial charge on any atom is -0.391 e. The van der Waals surface area contributed by atoms with Gasteiger partial charge in [-0.25, -0.2) is 4.98 Å². The Balaban J connectivity index is 1.92. The van der Waals surface area contributed by atoms with Gasteiger partial charge in [-0.2, -0.15) is 0 Å². The molecule has 0 unspecified atom stereocenters. The molecule has 2 rings (SSSR count). The topological polar surface area (TPSA) is 60.8 Å². The van der Waals surface area contributed by atoms with Crippen molar-refractivity contribution in [3.05, 3.63) is 16.1 Å². The van der Waals surface area contributed by atoms with Crippen molar-refractivity contribution in [2.24, 2.45) is 4.99 Å². The molecule has 0 radical (unpaired) electrons. The molecule has 0 aromatic carbocycles. The molecule has 0 amide bonds. The van der Waals surface area contributed by atoms with Crippen LogP contribution in [0.25, 0.3) is 0 Å². The van der Waals surface area contributed by atoms with Crippen LogP contribution in [0.1, 0.15) is 44.8 Å². The molecular formula is C16H28N4OS. The van der Waals surface area contributed by atoms with Crippen LogP contribution >= 0.6 is 11.3 Å². The van der Waals surface area contributed by atoms with E-state index in [0.717, 1.165) is 49.1 Å². The molecule has 1 aromatic heterocycles. The molecule has 1 fully saturated rings. The number of thiazole rings is 1. The summed E-state index contributed by atoms with van der Waals surface area (Å²) >= 11 is 1.72. The molecule has 1 aliphatic rings. The van der Waals surface area contributed by atoms with Crippen LogP contribution in [0.15, 0.2) is 10.4 Å². The fourth-order valence-corrected chi connectivity index (χ4v) is 3.40. The second kappa shape index (κ2) is 7.42. The Morgan fingerprint density at radius 2 is 2.32 bits per heavy atom. The SMILES string of the molecule is CCNC(=NCCc1nc(C(C)(C)C)cs1)N1CC[C@@H](O)C1. The molecule has 0 saturated carbocycles. The van der Waals surface area contributed by atoms with Crippen LogP contribution in [-0.2, 0) is 11.8 Å². The van der Waals surface area contributed by atoms with Gasteiger partial charge in [-0.15, -0.1) is 11.3 Å². The van der Waals surface area contributed by atoms with Crippen molar-refractivity contribution in [2.75, 3.05) is 26.2 Å². The lowest BCUT2D eigenvalue weighted by molar-refractivity contribution is 0.188. The summed E-state index contributed by atoms with van der Waals surface area (Å²) < 4.78 is 0. The van der Waals surface area contributed by atoms with Crippen molar-refractivity contribution in [1.82, 2.24) is 15.2 Å². The number of hydrogen-bond donors (Lipinski definition) is 2. The maximum Gasteiger partial charge on any atom is 0.194 e. The fraction of sp³-hybridized carbons (Fsp3) is 0.750. The van der Waals surface area contributed by atoms with Crippen molar-refractivity contribution >= 4 is 17.3 Å². The molecule has 1 aliphatic heterocycles. The van der Waals surface area contributed by atoms with Gasteiger partial charge in [0.15, 0.2) is 5.96 Å². The second-order valence-electron chi connectivity index (χ2n) is 6.75. The molecular weight excluding hydrogens is 296 g/mol. The molecule has 5 nitrogen and oxygen atoms in total. The average Bonchev–Trinajstić information content (AvgIpc) is 3.06. The Labute approximate surface area is 137 Å². The Kier molecular flexibility index (Phi) is 5.81. The summed E-state index contributed by atoms with van der Waals surface area (Å²) in [5.41, 5.74) is 1.27. The van der Waals surface area contributed by atoms with E-state index in [1.54, 1.807) is 11.3 Å². The molecule has 1 atom stereocenters. The van der Waals surface area contributed by atoms with Crippen molar-refractivity contribution in [3.63, 3.8) is 0 Å². The van der Waals surface area contributed by atoms with Crippen molar-refractivity contribution in [1.29, 1.82) is 0 Å². The van der Waals surface area contributed by atoms with Gasteiger partial charge in [-0.3, -0.25) is 4.99 Å². The van der Waals surface area contributed by atoms with E-state index >= 15 is 0 Å². The summed E-state index contributed by atoms with van der Waals surface area (Å²) in [6, 6.07) is 0. The van der Waals surface area contributed by atoms with Crippen LogP contribution in [0.4, 0.5) is 0 Å². The van der Waals surface area contributed by atoms with Crippen molar-refractivity contribution in [2.45, 2.75) is 52.1 Å². The van der Waals surface area contributed by atoms with Crippen molar-refractivity contribution in [3.8, 4) is 0 Å². The van der Waals surface area contributed by atoms with Gasteiger partial charge in [0, 0.05) is 43.4 Å². The van der Waals surface area contributed by atoms with Gasteiger partial charge in [-0.05, 0) is 13.3 Å². The molecule has 6 heteroatoms. The van der Waals surface area contributed by atoms with Gasteiger partial charge in [-0.1, -0.05) is 20.8 Å². The lowest BCUT2D eigenvalue weighted by Crippen LogP contribution is -2.40. The fourth-order valence-electron chi connectivity index (χ4n) is 2.39. The van der Waals surface area contributed by atoms with E-state index in [1.165, 1.54) is 0 Å². The third-order valence-electron chi connectivity index (χ3n) is 3.71. The molecule has 2 heterocycles. The van der Waals surface area contributed by atoms with E-state index in [4.69, 9.17) is 4.98 Å². The third-order valence-corrected chi connectivity index (χ3v) is 4.61. The summed E-state index contributed by atoms with van der Waals surface area (Å²) in [5.74, 6) is 0.909. The number of aliphatic hydroxyl groups excluding tert-OH is 1. The first-order valence-corrected chi connectivity index (χ1v) is 8.94. The predicted octanol–water partition coefficient (Wildman–Crippen LogP) is 2.02. The highest BCUT2D eigenvalue weighted by molar-refractivity contribution is 7.09. The number of hydrogen-bond acceptors (Lipinski definition) is 4. The standard InChI is InChI=1S/C16H28N4OS/c1-5-17-15(20-9-7-12(21)10-20)18-8-6-14-19-13(11-22-14)16(2,3)4/h11-12,21H,5-10H2,1-4H3,(H,17,18)/t12-/m1/s1.